The SMILES string of the molecule is CC(=O)O[C@H]1OC(=O)N(C(C)(C)C)[C@@H]1C. The molecule has 1 rings (SSSR count). The fraction of sp³-hybridized carbons (Fsp3) is 0.800. The van der Waals surface area contributed by atoms with E-state index in [-0.39, 0.29) is 11.6 Å². The van der Waals surface area contributed by atoms with Crippen LogP contribution in [0.15, 0.2) is 0 Å². The van der Waals surface area contributed by atoms with Crippen molar-refractivity contribution in [3.63, 3.8) is 0 Å². The lowest BCUT2D eigenvalue weighted by Crippen LogP contribution is -2.47. The van der Waals surface area contributed by atoms with Gasteiger partial charge in [0.15, 0.2) is 0 Å². The van der Waals surface area contributed by atoms with Gasteiger partial charge < -0.3 is 9.47 Å². The fourth-order valence-corrected chi connectivity index (χ4v) is 1.71. The van der Waals surface area contributed by atoms with Gasteiger partial charge in [0, 0.05) is 12.5 Å². The van der Waals surface area contributed by atoms with Crippen LogP contribution in [0.5, 0.6) is 0 Å². The van der Waals surface area contributed by atoms with Gasteiger partial charge in [-0.1, -0.05) is 0 Å². The molecule has 86 valence electrons. The summed E-state index contributed by atoms with van der Waals surface area (Å²) >= 11 is 0. The Labute approximate surface area is 89.3 Å². The predicted octanol–water partition coefficient (Wildman–Crippen LogP) is 1.51. The molecule has 0 radical (unpaired) electrons. The molecule has 0 aromatic rings. The molecule has 0 aliphatic carbocycles. The molecular formula is C10H17NO4. The molecule has 2 atom stereocenters. The average Bonchev–Trinajstić information content (AvgIpc) is 2.23. The van der Waals surface area contributed by atoms with Gasteiger partial charge in [-0.2, -0.15) is 0 Å². The standard InChI is InChI=1S/C10H17NO4/c1-6-8(14-7(2)12)15-9(13)11(6)10(3,4)5/h6,8H,1-5H3/t6-,8+/m1/s1. The van der Waals surface area contributed by atoms with Crippen molar-refractivity contribution in [1.82, 2.24) is 4.90 Å². The lowest BCUT2D eigenvalue weighted by Gasteiger charge is -2.33. The minimum Gasteiger partial charge on any atom is -0.423 e. The smallest absolute Gasteiger partial charge is 0.413 e. The number of esters is 1. The van der Waals surface area contributed by atoms with Crippen LogP contribution in [0.4, 0.5) is 4.79 Å². The van der Waals surface area contributed by atoms with E-state index < -0.39 is 18.4 Å². The van der Waals surface area contributed by atoms with E-state index in [0.717, 1.165) is 0 Å². The van der Waals surface area contributed by atoms with Gasteiger partial charge in [-0.05, 0) is 27.7 Å². The highest BCUT2D eigenvalue weighted by atomic mass is 16.7. The van der Waals surface area contributed by atoms with Gasteiger partial charge in [0.05, 0.1) is 0 Å². The largest absolute Gasteiger partial charge is 0.423 e. The number of carbonyl (C=O) groups is 2. The Morgan fingerprint density at radius 1 is 1.47 bits per heavy atom. The topological polar surface area (TPSA) is 55.8 Å². The zero-order chi connectivity index (χ0) is 11.8. The van der Waals surface area contributed by atoms with Crippen molar-refractivity contribution < 1.29 is 19.1 Å². The van der Waals surface area contributed by atoms with Crippen molar-refractivity contribution in [2.24, 2.45) is 0 Å². The summed E-state index contributed by atoms with van der Waals surface area (Å²) in [6.07, 6.45) is -1.24. The van der Waals surface area contributed by atoms with Crippen molar-refractivity contribution in [2.75, 3.05) is 0 Å². The molecule has 1 amide bonds. The Bertz CT molecular complexity index is 282. The van der Waals surface area contributed by atoms with Gasteiger partial charge in [0.2, 0.25) is 0 Å². The number of rotatable bonds is 1. The Morgan fingerprint density at radius 3 is 2.33 bits per heavy atom. The maximum absolute atomic E-state index is 11.5. The van der Waals surface area contributed by atoms with Crippen molar-refractivity contribution in [3.8, 4) is 0 Å². The number of cyclic esters (lactones) is 1. The lowest BCUT2D eigenvalue weighted by molar-refractivity contribution is -0.163. The molecule has 0 saturated carbocycles. The number of carbonyl (C=O) groups excluding carboxylic acids is 2. The second-order valence-corrected chi connectivity index (χ2v) is 4.64. The fourth-order valence-electron chi connectivity index (χ4n) is 1.71. The van der Waals surface area contributed by atoms with Gasteiger partial charge in [0.25, 0.3) is 6.29 Å². The average molecular weight is 215 g/mol. The highest BCUT2D eigenvalue weighted by molar-refractivity contribution is 5.72. The molecule has 1 fully saturated rings. The third kappa shape index (κ3) is 2.40. The molecule has 1 aliphatic rings. The van der Waals surface area contributed by atoms with Gasteiger partial charge in [-0.15, -0.1) is 0 Å². The molecule has 5 heteroatoms. The number of ether oxygens (including phenoxy) is 2. The molecule has 1 heterocycles. The van der Waals surface area contributed by atoms with E-state index in [1.807, 2.05) is 20.8 Å². The minimum atomic E-state index is -0.797. The molecule has 15 heavy (non-hydrogen) atoms. The van der Waals surface area contributed by atoms with Gasteiger partial charge in [0.1, 0.15) is 6.04 Å². The number of amides is 1. The van der Waals surface area contributed by atoms with E-state index in [1.54, 1.807) is 11.8 Å². The third-order valence-electron chi connectivity index (χ3n) is 2.22. The summed E-state index contributed by atoms with van der Waals surface area (Å²) in [5.41, 5.74) is -0.342. The first-order valence-corrected chi connectivity index (χ1v) is 4.90. The summed E-state index contributed by atoms with van der Waals surface area (Å²) in [7, 11) is 0. The van der Waals surface area contributed by atoms with E-state index in [1.165, 1.54) is 6.92 Å². The van der Waals surface area contributed by atoms with Gasteiger partial charge in [-0.3, -0.25) is 9.69 Å². The van der Waals surface area contributed by atoms with E-state index >= 15 is 0 Å². The van der Waals surface area contributed by atoms with Crippen LogP contribution < -0.4 is 0 Å². The van der Waals surface area contributed by atoms with Crippen molar-refractivity contribution >= 4 is 12.1 Å². The molecule has 0 N–H and O–H groups in total. The monoisotopic (exact) mass is 215 g/mol. The first kappa shape index (κ1) is 11.8. The van der Waals surface area contributed by atoms with Crippen molar-refractivity contribution in [2.45, 2.75) is 52.5 Å². The number of nitrogens with zero attached hydrogens (tertiary/aromatic N) is 1. The minimum absolute atomic E-state index is 0.263. The lowest BCUT2D eigenvalue weighted by atomic mass is 10.0. The number of hydrogen-bond acceptors (Lipinski definition) is 4. The summed E-state index contributed by atoms with van der Waals surface area (Å²) in [5, 5.41) is 0. The van der Waals surface area contributed by atoms with Crippen LogP contribution in [0.1, 0.15) is 34.6 Å². The maximum atomic E-state index is 11.5. The maximum Gasteiger partial charge on any atom is 0.413 e. The molecule has 0 aromatic heterocycles. The first-order valence-electron chi connectivity index (χ1n) is 4.90. The van der Waals surface area contributed by atoms with Crippen LogP contribution in [-0.2, 0) is 14.3 Å². The predicted molar refractivity (Wildman–Crippen MR) is 53.1 cm³/mol. The van der Waals surface area contributed by atoms with Crippen molar-refractivity contribution in [1.29, 1.82) is 0 Å². The van der Waals surface area contributed by atoms with Crippen LogP contribution in [0, 0.1) is 0 Å². The van der Waals surface area contributed by atoms with Crippen LogP contribution in [0.25, 0.3) is 0 Å². The molecule has 0 spiro atoms. The van der Waals surface area contributed by atoms with Crippen LogP contribution >= 0.6 is 0 Å². The van der Waals surface area contributed by atoms with E-state index in [0.29, 0.717) is 0 Å². The summed E-state index contributed by atoms with van der Waals surface area (Å²) < 4.78 is 9.86. The van der Waals surface area contributed by atoms with E-state index in [4.69, 9.17) is 9.47 Å². The summed E-state index contributed by atoms with van der Waals surface area (Å²) in [6.45, 7) is 8.80. The molecule has 0 aromatic carbocycles. The molecule has 1 saturated heterocycles. The highest BCUT2D eigenvalue weighted by Crippen LogP contribution is 2.28. The van der Waals surface area contributed by atoms with Crippen molar-refractivity contribution in [3.05, 3.63) is 0 Å². The van der Waals surface area contributed by atoms with E-state index in [9.17, 15) is 9.59 Å². The zero-order valence-electron chi connectivity index (χ0n) is 9.73. The zero-order valence-corrected chi connectivity index (χ0v) is 9.73. The Balaban J connectivity index is 2.79. The third-order valence-corrected chi connectivity index (χ3v) is 2.22. The molecular weight excluding hydrogens is 198 g/mol. The Morgan fingerprint density at radius 2 is 2.00 bits per heavy atom. The van der Waals surface area contributed by atoms with Gasteiger partial charge in [-0.25, -0.2) is 4.79 Å². The Kier molecular flexibility index (Phi) is 2.93. The molecule has 1 aliphatic heterocycles. The normalized spacial score (nSPS) is 26.5. The highest BCUT2D eigenvalue weighted by Gasteiger charge is 2.45. The van der Waals surface area contributed by atoms with E-state index in [2.05, 4.69) is 0 Å². The van der Waals surface area contributed by atoms with Crippen LogP contribution in [0.3, 0.4) is 0 Å². The Hall–Kier alpha value is -1.26. The van der Waals surface area contributed by atoms with Gasteiger partial charge >= 0.3 is 12.1 Å². The molecule has 0 unspecified atom stereocenters. The quantitative estimate of drug-likeness (QED) is 0.622. The summed E-state index contributed by atoms with van der Waals surface area (Å²) in [5.74, 6) is -0.449. The van der Waals surface area contributed by atoms with Crippen LogP contribution in [0.2, 0.25) is 0 Å². The molecule has 5 nitrogen and oxygen atoms in total. The summed E-state index contributed by atoms with van der Waals surface area (Å²) in [6, 6.07) is -0.263. The van der Waals surface area contributed by atoms with Crippen LogP contribution in [-0.4, -0.2) is 34.8 Å². The molecule has 0 bridgehead atoms. The summed E-state index contributed by atoms with van der Waals surface area (Å²) in [4.78, 5) is 23.9. The number of hydrogen-bond donors (Lipinski definition) is 0. The first-order chi connectivity index (χ1) is 6.73. The second kappa shape index (κ2) is 3.72. The second-order valence-electron chi connectivity index (χ2n) is 4.64.